The minimum atomic E-state index is -0.151. The van der Waals surface area contributed by atoms with Gasteiger partial charge in [-0.2, -0.15) is 0 Å². The number of aryl methyl sites for hydroxylation is 2. The van der Waals surface area contributed by atoms with Crippen LogP contribution in [0.2, 0.25) is 0 Å². The quantitative estimate of drug-likeness (QED) is 0.844. The first-order chi connectivity index (χ1) is 11.4. The van der Waals surface area contributed by atoms with E-state index in [1.54, 1.807) is 13.2 Å². The van der Waals surface area contributed by atoms with E-state index in [0.29, 0.717) is 0 Å². The Hall–Kier alpha value is -2.75. The van der Waals surface area contributed by atoms with Gasteiger partial charge in [0.25, 0.3) is 0 Å². The van der Waals surface area contributed by atoms with E-state index in [1.165, 1.54) is 0 Å². The molecule has 0 heterocycles. The van der Waals surface area contributed by atoms with Crippen LogP contribution in [0.5, 0.6) is 5.75 Å². The number of amides is 1. The normalized spacial score (nSPS) is 10.7. The van der Waals surface area contributed by atoms with E-state index in [9.17, 15) is 4.79 Å². The highest BCUT2D eigenvalue weighted by molar-refractivity contribution is 6.02. The lowest BCUT2D eigenvalue weighted by atomic mass is 10.0. The Bertz CT molecular complexity index is 724. The van der Waals surface area contributed by atoms with Crippen LogP contribution in [0, 0.1) is 13.8 Å². The van der Waals surface area contributed by atoms with Crippen LogP contribution in [0.25, 0.3) is 6.08 Å². The van der Waals surface area contributed by atoms with Crippen LogP contribution in [0.4, 0.5) is 11.4 Å². The van der Waals surface area contributed by atoms with Crippen molar-refractivity contribution >= 4 is 23.4 Å². The van der Waals surface area contributed by atoms with Gasteiger partial charge in [-0.3, -0.25) is 4.79 Å². The molecule has 0 saturated heterocycles. The largest absolute Gasteiger partial charge is 0.497 e. The van der Waals surface area contributed by atoms with Crippen molar-refractivity contribution in [2.75, 3.05) is 31.4 Å². The smallest absolute Gasteiger partial charge is 0.248 e. The Morgan fingerprint density at radius 1 is 1.08 bits per heavy atom. The third kappa shape index (κ3) is 4.38. The molecule has 0 fully saturated rings. The molecule has 126 valence electrons. The maximum atomic E-state index is 12.1. The number of benzene rings is 2. The first kappa shape index (κ1) is 17.6. The molecule has 2 aromatic carbocycles. The van der Waals surface area contributed by atoms with Crippen LogP contribution in [0.1, 0.15) is 16.7 Å². The molecule has 24 heavy (non-hydrogen) atoms. The lowest BCUT2D eigenvalue weighted by molar-refractivity contribution is -0.111. The Labute approximate surface area is 143 Å². The van der Waals surface area contributed by atoms with Gasteiger partial charge in [-0.1, -0.05) is 0 Å². The summed E-state index contributed by atoms with van der Waals surface area (Å²) < 4.78 is 5.26. The monoisotopic (exact) mass is 324 g/mol. The molecule has 0 unspecified atom stereocenters. The zero-order valence-electron chi connectivity index (χ0n) is 14.9. The molecule has 0 aliphatic rings. The predicted octanol–water partition coefficient (Wildman–Crippen LogP) is 4.03. The third-order valence-electron chi connectivity index (χ3n) is 3.86. The van der Waals surface area contributed by atoms with Crippen LogP contribution >= 0.6 is 0 Å². The van der Waals surface area contributed by atoms with Crippen LogP contribution in [-0.4, -0.2) is 27.1 Å². The lowest BCUT2D eigenvalue weighted by Crippen LogP contribution is -2.10. The Kier molecular flexibility index (Phi) is 5.64. The number of methoxy groups -OCH3 is 1. The van der Waals surface area contributed by atoms with Crippen molar-refractivity contribution in [1.82, 2.24) is 0 Å². The first-order valence-electron chi connectivity index (χ1n) is 7.82. The molecular weight excluding hydrogens is 300 g/mol. The fourth-order valence-electron chi connectivity index (χ4n) is 2.50. The molecule has 0 bridgehead atoms. The SMILES string of the molecule is COc1cc(C)c(/C=C/C(=O)Nc2ccc(N(C)C)cc2)c(C)c1. The molecule has 0 atom stereocenters. The fourth-order valence-corrected chi connectivity index (χ4v) is 2.50. The van der Waals surface area contributed by atoms with E-state index in [1.807, 2.05) is 75.3 Å². The second-order valence-electron chi connectivity index (χ2n) is 5.94. The number of anilines is 2. The summed E-state index contributed by atoms with van der Waals surface area (Å²) in [6.07, 6.45) is 3.40. The number of ether oxygens (including phenoxy) is 1. The highest BCUT2D eigenvalue weighted by Gasteiger charge is 2.04. The number of carbonyl (C=O) groups is 1. The summed E-state index contributed by atoms with van der Waals surface area (Å²) in [5, 5.41) is 2.87. The van der Waals surface area contributed by atoms with Gasteiger partial charge in [0.1, 0.15) is 5.75 Å². The van der Waals surface area contributed by atoms with Gasteiger partial charge in [0.15, 0.2) is 0 Å². The minimum absolute atomic E-state index is 0.151. The number of hydrogen-bond acceptors (Lipinski definition) is 3. The highest BCUT2D eigenvalue weighted by atomic mass is 16.5. The molecule has 0 aromatic heterocycles. The zero-order valence-corrected chi connectivity index (χ0v) is 14.9. The molecule has 1 N–H and O–H groups in total. The lowest BCUT2D eigenvalue weighted by Gasteiger charge is -2.12. The van der Waals surface area contributed by atoms with Crippen molar-refractivity contribution in [3.05, 3.63) is 59.2 Å². The molecule has 1 amide bonds. The van der Waals surface area contributed by atoms with E-state index in [-0.39, 0.29) is 5.91 Å². The van der Waals surface area contributed by atoms with Crippen molar-refractivity contribution < 1.29 is 9.53 Å². The molecule has 0 aliphatic heterocycles. The van der Waals surface area contributed by atoms with Gasteiger partial charge in [-0.15, -0.1) is 0 Å². The fraction of sp³-hybridized carbons (Fsp3) is 0.250. The van der Waals surface area contributed by atoms with E-state index in [4.69, 9.17) is 4.74 Å². The average Bonchev–Trinajstić information content (AvgIpc) is 2.54. The number of nitrogens with zero attached hydrogens (tertiary/aromatic N) is 1. The Balaban J connectivity index is 2.08. The van der Waals surface area contributed by atoms with E-state index in [0.717, 1.165) is 33.8 Å². The molecule has 0 spiro atoms. The average molecular weight is 324 g/mol. The van der Waals surface area contributed by atoms with Crippen LogP contribution in [-0.2, 0) is 4.79 Å². The van der Waals surface area contributed by atoms with E-state index >= 15 is 0 Å². The third-order valence-corrected chi connectivity index (χ3v) is 3.86. The molecule has 0 radical (unpaired) electrons. The molecular formula is C20H24N2O2. The number of rotatable bonds is 5. The minimum Gasteiger partial charge on any atom is -0.497 e. The number of nitrogens with one attached hydrogen (secondary N) is 1. The van der Waals surface area contributed by atoms with Gasteiger partial charge in [-0.05, 0) is 73.0 Å². The summed E-state index contributed by atoms with van der Waals surface area (Å²) in [5.74, 6) is 0.676. The molecule has 4 heteroatoms. The topological polar surface area (TPSA) is 41.6 Å². The summed E-state index contributed by atoms with van der Waals surface area (Å²) in [6.45, 7) is 4.01. The zero-order chi connectivity index (χ0) is 17.7. The highest BCUT2D eigenvalue weighted by Crippen LogP contribution is 2.23. The maximum absolute atomic E-state index is 12.1. The van der Waals surface area contributed by atoms with Crippen molar-refractivity contribution in [2.24, 2.45) is 0 Å². The van der Waals surface area contributed by atoms with Crippen molar-refractivity contribution in [3.8, 4) is 5.75 Å². The van der Waals surface area contributed by atoms with Gasteiger partial charge in [-0.25, -0.2) is 0 Å². The second kappa shape index (κ2) is 7.68. The van der Waals surface area contributed by atoms with Crippen molar-refractivity contribution in [1.29, 1.82) is 0 Å². The number of carbonyl (C=O) groups excluding carboxylic acids is 1. The molecule has 2 rings (SSSR count). The molecule has 0 aliphatic carbocycles. The Morgan fingerprint density at radius 3 is 2.17 bits per heavy atom. The van der Waals surface area contributed by atoms with Gasteiger partial charge in [0, 0.05) is 31.5 Å². The van der Waals surface area contributed by atoms with Crippen molar-refractivity contribution in [2.45, 2.75) is 13.8 Å². The molecule has 4 nitrogen and oxygen atoms in total. The van der Waals surface area contributed by atoms with Crippen molar-refractivity contribution in [3.63, 3.8) is 0 Å². The van der Waals surface area contributed by atoms with Gasteiger partial charge < -0.3 is 15.0 Å². The summed E-state index contributed by atoms with van der Waals surface area (Å²) in [6, 6.07) is 11.7. The van der Waals surface area contributed by atoms with E-state index in [2.05, 4.69) is 5.32 Å². The summed E-state index contributed by atoms with van der Waals surface area (Å²) in [4.78, 5) is 14.1. The predicted molar refractivity (Wildman–Crippen MR) is 101 cm³/mol. The maximum Gasteiger partial charge on any atom is 0.248 e. The van der Waals surface area contributed by atoms with Crippen LogP contribution in [0.15, 0.2) is 42.5 Å². The van der Waals surface area contributed by atoms with Gasteiger partial charge in [0.2, 0.25) is 5.91 Å². The van der Waals surface area contributed by atoms with Crippen LogP contribution in [0.3, 0.4) is 0 Å². The molecule has 0 saturated carbocycles. The summed E-state index contributed by atoms with van der Waals surface area (Å²) in [7, 11) is 5.62. The number of hydrogen-bond donors (Lipinski definition) is 1. The second-order valence-corrected chi connectivity index (χ2v) is 5.94. The standard InChI is InChI=1S/C20H24N2O2/c1-14-12-18(24-5)13-15(2)19(14)10-11-20(23)21-16-6-8-17(9-7-16)22(3)4/h6-13H,1-5H3,(H,21,23)/b11-10+. The Morgan fingerprint density at radius 2 is 1.67 bits per heavy atom. The van der Waals surface area contributed by atoms with Crippen LogP contribution < -0.4 is 15.0 Å². The van der Waals surface area contributed by atoms with Gasteiger partial charge >= 0.3 is 0 Å². The molecule has 2 aromatic rings. The first-order valence-corrected chi connectivity index (χ1v) is 7.82. The summed E-state index contributed by atoms with van der Waals surface area (Å²) in [5.41, 5.74) is 5.05. The van der Waals surface area contributed by atoms with Gasteiger partial charge in [0.05, 0.1) is 7.11 Å². The van der Waals surface area contributed by atoms with E-state index < -0.39 is 0 Å². The summed E-state index contributed by atoms with van der Waals surface area (Å²) >= 11 is 0.